The Balaban J connectivity index is 2.06. The van der Waals surface area contributed by atoms with Gasteiger partial charge in [0, 0.05) is 25.2 Å². The standard InChI is InChI=1S/C18H20ClN3O2/c1-2-24-18-11-16(21-15-6-5-12(23)9-13(15)19)17(10-14(18)20)22-7-3-4-8-22/h5-6,9-11H,2-4,7-8,20H2,1H3. The van der Waals surface area contributed by atoms with Crippen LogP contribution in [-0.4, -0.2) is 31.2 Å². The lowest BCUT2D eigenvalue weighted by atomic mass is 10.1. The first-order chi connectivity index (χ1) is 11.6. The first-order valence-corrected chi connectivity index (χ1v) is 8.46. The molecule has 2 N–H and O–H groups in total. The van der Waals surface area contributed by atoms with Gasteiger partial charge in [0.1, 0.15) is 5.75 Å². The number of nitrogen functional groups attached to an aromatic ring is 1. The summed E-state index contributed by atoms with van der Waals surface area (Å²) in [5.74, 6) is 0.474. The van der Waals surface area contributed by atoms with E-state index in [1.165, 1.54) is 12.2 Å². The van der Waals surface area contributed by atoms with Gasteiger partial charge >= 0.3 is 0 Å². The van der Waals surface area contributed by atoms with Crippen molar-refractivity contribution in [1.82, 2.24) is 0 Å². The van der Waals surface area contributed by atoms with Crippen molar-refractivity contribution in [3.05, 3.63) is 35.4 Å². The molecule has 0 saturated carbocycles. The van der Waals surface area contributed by atoms with E-state index in [1.54, 1.807) is 6.08 Å². The number of aliphatic imine (C=N–C) groups is 1. The number of nitrogens with zero attached hydrogens (tertiary/aromatic N) is 2. The number of anilines is 2. The van der Waals surface area contributed by atoms with Gasteiger partial charge < -0.3 is 15.4 Å². The third kappa shape index (κ3) is 3.46. The Kier molecular flexibility index (Phi) is 4.90. The molecule has 6 heteroatoms. The summed E-state index contributed by atoms with van der Waals surface area (Å²) in [6, 6.07) is 3.75. The molecule has 3 rings (SSSR count). The molecule has 126 valence electrons. The SMILES string of the molecule is CCOc1cc(N=C2C=CC(=O)C=C2Cl)c(N2CCCC2)cc1N. The maximum atomic E-state index is 11.4. The molecule has 1 aromatic rings. The number of halogens is 1. The number of carbonyl (C=O) groups excluding carboxylic acids is 1. The number of hydrogen-bond donors (Lipinski definition) is 1. The summed E-state index contributed by atoms with van der Waals surface area (Å²) < 4.78 is 5.60. The highest BCUT2D eigenvalue weighted by Gasteiger charge is 2.19. The molecule has 1 fully saturated rings. The van der Waals surface area contributed by atoms with Gasteiger partial charge in [-0.25, -0.2) is 4.99 Å². The summed E-state index contributed by atoms with van der Waals surface area (Å²) in [6.07, 6.45) is 6.77. The molecule has 24 heavy (non-hydrogen) atoms. The molecule has 0 amide bonds. The van der Waals surface area contributed by atoms with E-state index in [-0.39, 0.29) is 5.78 Å². The number of ketones is 1. The molecule has 0 radical (unpaired) electrons. The molecule has 0 aromatic heterocycles. The molecule has 0 spiro atoms. The Bertz CT molecular complexity index is 747. The quantitative estimate of drug-likeness (QED) is 0.668. The van der Waals surface area contributed by atoms with Crippen molar-refractivity contribution in [2.75, 3.05) is 30.3 Å². The van der Waals surface area contributed by atoms with Gasteiger partial charge in [0.25, 0.3) is 0 Å². The Morgan fingerprint density at radius 2 is 2.04 bits per heavy atom. The van der Waals surface area contributed by atoms with E-state index in [2.05, 4.69) is 9.89 Å². The smallest absolute Gasteiger partial charge is 0.180 e. The Labute approximate surface area is 146 Å². The Morgan fingerprint density at radius 3 is 2.71 bits per heavy atom. The first-order valence-electron chi connectivity index (χ1n) is 8.08. The summed E-state index contributed by atoms with van der Waals surface area (Å²) in [5, 5.41) is 0.338. The number of hydrogen-bond acceptors (Lipinski definition) is 5. The van der Waals surface area contributed by atoms with E-state index in [4.69, 9.17) is 22.1 Å². The van der Waals surface area contributed by atoms with Gasteiger partial charge in [-0.1, -0.05) is 11.6 Å². The monoisotopic (exact) mass is 345 g/mol. The van der Waals surface area contributed by atoms with Crippen LogP contribution in [0.1, 0.15) is 19.8 Å². The molecular weight excluding hydrogens is 326 g/mol. The van der Waals surface area contributed by atoms with E-state index in [9.17, 15) is 4.79 Å². The number of ether oxygens (including phenoxy) is 1. The number of allylic oxidation sites excluding steroid dienone is 4. The highest BCUT2D eigenvalue weighted by Crippen LogP contribution is 2.39. The molecule has 2 aliphatic rings. The summed E-state index contributed by atoms with van der Waals surface area (Å²) in [6.45, 7) is 4.39. The van der Waals surface area contributed by atoms with Gasteiger partial charge in [0.05, 0.1) is 34.4 Å². The molecule has 1 aliphatic heterocycles. The minimum absolute atomic E-state index is 0.133. The number of benzene rings is 1. The van der Waals surface area contributed by atoms with E-state index in [1.807, 2.05) is 19.1 Å². The highest BCUT2D eigenvalue weighted by molar-refractivity contribution is 6.48. The second kappa shape index (κ2) is 7.09. The maximum Gasteiger partial charge on any atom is 0.180 e. The van der Waals surface area contributed by atoms with Crippen molar-refractivity contribution in [3.63, 3.8) is 0 Å². The predicted molar refractivity (Wildman–Crippen MR) is 98.6 cm³/mol. The van der Waals surface area contributed by atoms with E-state index in [0.717, 1.165) is 37.3 Å². The fraction of sp³-hybridized carbons (Fsp3) is 0.333. The average Bonchev–Trinajstić information content (AvgIpc) is 3.07. The minimum Gasteiger partial charge on any atom is -0.492 e. The molecule has 1 aromatic carbocycles. The molecule has 1 aliphatic carbocycles. The van der Waals surface area contributed by atoms with Crippen molar-refractivity contribution >= 4 is 40.2 Å². The van der Waals surface area contributed by atoms with E-state index in [0.29, 0.717) is 28.8 Å². The van der Waals surface area contributed by atoms with Crippen LogP contribution in [0.25, 0.3) is 0 Å². The van der Waals surface area contributed by atoms with Crippen LogP contribution in [0, 0.1) is 0 Å². The van der Waals surface area contributed by atoms with E-state index < -0.39 is 0 Å². The third-order valence-electron chi connectivity index (χ3n) is 4.01. The second-order valence-electron chi connectivity index (χ2n) is 5.73. The van der Waals surface area contributed by atoms with Gasteiger partial charge in [-0.3, -0.25) is 4.79 Å². The Morgan fingerprint density at radius 1 is 1.29 bits per heavy atom. The largest absolute Gasteiger partial charge is 0.492 e. The molecule has 1 heterocycles. The van der Waals surface area contributed by atoms with Crippen LogP contribution in [0.2, 0.25) is 0 Å². The fourth-order valence-corrected chi connectivity index (χ4v) is 3.08. The van der Waals surface area contributed by atoms with Crippen LogP contribution < -0.4 is 15.4 Å². The molecule has 0 unspecified atom stereocenters. The van der Waals surface area contributed by atoms with Crippen molar-refractivity contribution in [1.29, 1.82) is 0 Å². The van der Waals surface area contributed by atoms with Crippen LogP contribution in [-0.2, 0) is 4.79 Å². The Hall–Kier alpha value is -2.27. The summed E-state index contributed by atoms with van der Waals surface area (Å²) >= 11 is 6.16. The molecular formula is C18H20ClN3O2. The average molecular weight is 346 g/mol. The molecule has 0 atom stereocenters. The number of carbonyl (C=O) groups is 1. The second-order valence-corrected chi connectivity index (χ2v) is 6.14. The van der Waals surface area contributed by atoms with E-state index >= 15 is 0 Å². The van der Waals surface area contributed by atoms with Crippen molar-refractivity contribution in [3.8, 4) is 5.75 Å². The van der Waals surface area contributed by atoms with Gasteiger partial charge in [-0.05, 0) is 38.0 Å². The minimum atomic E-state index is -0.133. The lowest BCUT2D eigenvalue weighted by molar-refractivity contribution is -0.110. The normalized spacial score (nSPS) is 19.1. The fourth-order valence-electron chi connectivity index (χ4n) is 2.86. The van der Waals surface area contributed by atoms with Crippen molar-refractivity contribution < 1.29 is 9.53 Å². The first kappa shape index (κ1) is 16.6. The summed E-state index contributed by atoms with van der Waals surface area (Å²) in [4.78, 5) is 18.3. The zero-order chi connectivity index (χ0) is 17.1. The lowest BCUT2D eigenvalue weighted by Crippen LogP contribution is -2.18. The number of rotatable bonds is 4. The van der Waals surface area contributed by atoms with Gasteiger partial charge in [-0.15, -0.1) is 0 Å². The summed E-state index contributed by atoms with van der Waals surface area (Å²) in [7, 11) is 0. The van der Waals surface area contributed by atoms with Crippen LogP contribution in [0.4, 0.5) is 17.1 Å². The highest BCUT2D eigenvalue weighted by atomic mass is 35.5. The molecule has 5 nitrogen and oxygen atoms in total. The molecule has 1 saturated heterocycles. The van der Waals surface area contributed by atoms with Gasteiger partial charge in [0.2, 0.25) is 0 Å². The van der Waals surface area contributed by atoms with Crippen LogP contribution in [0.5, 0.6) is 5.75 Å². The van der Waals surface area contributed by atoms with Crippen molar-refractivity contribution in [2.24, 2.45) is 4.99 Å². The lowest BCUT2D eigenvalue weighted by Gasteiger charge is -2.22. The number of nitrogens with two attached hydrogens (primary N) is 1. The van der Waals surface area contributed by atoms with Gasteiger partial charge in [0.15, 0.2) is 5.78 Å². The van der Waals surface area contributed by atoms with Crippen LogP contribution in [0.15, 0.2) is 40.4 Å². The summed E-state index contributed by atoms with van der Waals surface area (Å²) in [5.41, 5.74) is 9.00. The maximum absolute atomic E-state index is 11.4. The topological polar surface area (TPSA) is 67.9 Å². The van der Waals surface area contributed by atoms with Gasteiger partial charge in [-0.2, -0.15) is 0 Å². The van der Waals surface area contributed by atoms with Crippen LogP contribution >= 0.6 is 11.6 Å². The van der Waals surface area contributed by atoms with Crippen LogP contribution in [0.3, 0.4) is 0 Å². The molecule has 0 bridgehead atoms. The zero-order valence-corrected chi connectivity index (χ0v) is 14.3. The zero-order valence-electron chi connectivity index (χ0n) is 13.6. The predicted octanol–water partition coefficient (Wildman–Crippen LogP) is 3.60. The van der Waals surface area contributed by atoms with Crippen molar-refractivity contribution in [2.45, 2.75) is 19.8 Å². The third-order valence-corrected chi connectivity index (χ3v) is 4.32.